The summed E-state index contributed by atoms with van der Waals surface area (Å²) in [4.78, 5) is 14.8. The van der Waals surface area contributed by atoms with E-state index in [1.54, 1.807) is 12.6 Å². The molecule has 1 atom stereocenters. The normalized spacial score (nSPS) is 12.3. The van der Waals surface area contributed by atoms with Gasteiger partial charge in [-0.15, -0.1) is 10.2 Å². The summed E-state index contributed by atoms with van der Waals surface area (Å²) in [6.07, 6.45) is 3.35. The molecule has 1 amide bonds. The van der Waals surface area contributed by atoms with Gasteiger partial charge in [0.25, 0.3) is 0 Å². The number of aromatic nitrogens is 3. The molecule has 1 aromatic carbocycles. The topological polar surface area (TPSA) is 76.2 Å². The van der Waals surface area contributed by atoms with Gasteiger partial charge in [0.1, 0.15) is 12.1 Å². The second kappa shape index (κ2) is 10.3. The van der Waals surface area contributed by atoms with E-state index in [-0.39, 0.29) is 17.7 Å². The molecule has 1 N–H and O–H groups in total. The SMILES string of the molecule is CCN(CC)C(CNC(=O)CSc1nncn1-c1ccccc1C)c1ccco1. The zero-order chi connectivity index (χ0) is 20.6. The van der Waals surface area contributed by atoms with E-state index in [1.807, 2.05) is 47.9 Å². The molecule has 3 aromatic rings. The predicted octanol–water partition coefficient (Wildman–Crippen LogP) is 3.46. The van der Waals surface area contributed by atoms with Crippen LogP contribution in [-0.2, 0) is 4.79 Å². The number of hydrogen-bond donors (Lipinski definition) is 1. The molecule has 0 fully saturated rings. The van der Waals surface area contributed by atoms with E-state index >= 15 is 0 Å². The second-order valence-corrected chi connectivity index (χ2v) is 7.56. The highest BCUT2D eigenvalue weighted by Gasteiger charge is 2.21. The number of para-hydroxylation sites is 1. The van der Waals surface area contributed by atoms with Gasteiger partial charge in [0.05, 0.1) is 23.7 Å². The Hall–Kier alpha value is -2.58. The summed E-state index contributed by atoms with van der Waals surface area (Å²) in [5.74, 6) is 1.09. The number of rotatable bonds is 10. The first-order valence-electron chi connectivity index (χ1n) is 9.77. The quantitative estimate of drug-likeness (QED) is 0.513. The van der Waals surface area contributed by atoms with E-state index < -0.39 is 0 Å². The van der Waals surface area contributed by atoms with E-state index in [1.165, 1.54) is 11.8 Å². The molecule has 0 aliphatic rings. The molecule has 3 rings (SSSR count). The minimum Gasteiger partial charge on any atom is -0.468 e. The van der Waals surface area contributed by atoms with Gasteiger partial charge in [-0.05, 0) is 43.8 Å². The Morgan fingerprint density at radius 2 is 2.03 bits per heavy atom. The zero-order valence-corrected chi connectivity index (χ0v) is 17.9. The zero-order valence-electron chi connectivity index (χ0n) is 17.0. The minimum atomic E-state index is -0.0435. The van der Waals surface area contributed by atoms with Crippen LogP contribution >= 0.6 is 11.8 Å². The van der Waals surface area contributed by atoms with Crippen LogP contribution in [0.15, 0.2) is 58.6 Å². The molecule has 0 aliphatic heterocycles. The number of thioether (sulfide) groups is 1. The molecule has 0 saturated heterocycles. The average Bonchev–Trinajstić information content (AvgIpc) is 3.42. The third-order valence-corrected chi connectivity index (χ3v) is 5.78. The Bertz CT molecular complexity index is 905. The monoisotopic (exact) mass is 413 g/mol. The van der Waals surface area contributed by atoms with Crippen LogP contribution in [0.4, 0.5) is 0 Å². The smallest absolute Gasteiger partial charge is 0.230 e. The summed E-state index contributed by atoms with van der Waals surface area (Å²) in [5.41, 5.74) is 2.14. The van der Waals surface area contributed by atoms with Crippen molar-refractivity contribution >= 4 is 17.7 Å². The summed E-state index contributed by atoms with van der Waals surface area (Å²) in [7, 11) is 0. The van der Waals surface area contributed by atoms with Crippen molar-refractivity contribution in [2.45, 2.75) is 32.0 Å². The van der Waals surface area contributed by atoms with E-state index in [0.29, 0.717) is 11.7 Å². The fraction of sp³-hybridized carbons (Fsp3) is 0.381. The maximum Gasteiger partial charge on any atom is 0.230 e. The third-order valence-electron chi connectivity index (χ3n) is 4.84. The molecule has 8 heteroatoms. The van der Waals surface area contributed by atoms with Gasteiger partial charge in [-0.3, -0.25) is 14.3 Å². The van der Waals surface area contributed by atoms with Crippen LogP contribution in [0.2, 0.25) is 0 Å². The number of furan rings is 1. The lowest BCUT2D eigenvalue weighted by molar-refractivity contribution is -0.118. The van der Waals surface area contributed by atoms with E-state index in [4.69, 9.17) is 4.42 Å². The molecule has 154 valence electrons. The van der Waals surface area contributed by atoms with Crippen molar-refractivity contribution in [3.63, 3.8) is 0 Å². The molecule has 0 aliphatic carbocycles. The average molecular weight is 414 g/mol. The Morgan fingerprint density at radius 1 is 1.24 bits per heavy atom. The lowest BCUT2D eigenvalue weighted by Crippen LogP contribution is -2.38. The number of carbonyl (C=O) groups excluding carboxylic acids is 1. The predicted molar refractivity (Wildman–Crippen MR) is 114 cm³/mol. The lowest BCUT2D eigenvalue weighted by atomic mass is 10.2. The van der Waals surface area contributed by atoms with Gasteiger partial charge >= 0.3 is 0 Å². The molecular formula is C21H27N5O2S. The number of benzene rings is 1. The molecule has 2 heterocycles. The van der Waals surface area contributed by atoms with Crippen molar-refractivity contribution in [1.29, 1.82) is 0 Å². The molecule has 0 spiro atoms. The van der Waals surface area contributed by atoms with Crippen LogP contribution < -0.4 is 5.32 Å². The first-order valence-corrected chi connectivity index (χ1v) is 10.8. The number of amides is 1. The number of hydrogen-bond acceptors (Lipinski definition) is 6. The Labute approximate surface area is 175 Å². The van der Waals surface area contributed by atoms with Crippen molar-refractivity contribution in [3.05, 3.63) is 60.3 Å². The molecule has 1 unspecified atom stereocenters. The van der Waals surface area contributed by atoms with Crippen LogP contribution in [0, 0.1) is 6.92 Å². The summed E-state index contributed by atoms with van der Waals surface area (Å²) >= 11 is 1.37. The summed E-state index contributed by atoms with van der Waals surface area (Å²) < 4.78 is 7.50. The fourth-order valence-corrected chi connectivity index (χ4v) is 4.02. The molecule has 0 radical (unpaired) electrons. The van der Waals surface area contributed by atoms with E-state index in [2.05, 4.69) is 34.3 Å². The van der Waals surface area contributed by atoms with Gasteiger partial charge in [0.2, 0.25) is 5.91 Å². The summed E-state index contributed by atoms with van der Waals surface area (Å²) in [6, 6.07) is 11.9. The van der Waals surface area contributed by atoms with Crippen molar-refractivity contribution in [2.24, 2.45) is 0 Å². The third kappa shape index (κ3) is 5.27. The summed E-state index contributed by atoms with van der Waals surface area (Å²) in [6.45, 7) is 8.51. The highest BCUT2D eigenvalue weighted by molar-refractivity contribution is 7.99. The summed E-state index contributed by atoms with van der Waals surface area (Å²) in [5, 5.41) is 11.9. The Kier molecular flexibility index (Phi) is 7.48. The van der Waals surface area contributed by atoms with Crippen molar-refractivity contribution in [1.82, 2.24) is 25.0 Å². The van der Waals surface area contributed by atoms with Crippen molar-refractivity contribution in [3.8, 4) is 5.69 Å². The number of carbonyl (C=O) groups is 1. The van der Waals surface area contributed by atoms with Crippen molar-refractivity contribution < 1.29 is 9.21 Å². The van der Waals surface area contributed by atoms with Gasteiger partial charge in [-0.25, -0.2) is 0 Å². The van der Waals surface area contributed by atoms with Gasteiger partial charge in [0.15, 0.2) is 5.16 Å². The molecule has 29 heavy (non-hydrogen) atoms. The molecule has 7 nitrogen and oxygen atoms in total. The molecule has 0 bridgehead atoms. The number of likely N-dealkylation sites (N-methyl/N-ethyl adjacent to an activating group) is 1. The molecule has 0 saturated carbocycles. The van der Waals surface area contributed by atoms with Gasteiger partial charge in [0, 0.05) is 6.54 Å². The Morgan fingerprint density at radius 3 is 2.72 bits per heavy atom. The van der Waals surface area contributed by atoms with Crippen molar-refractivity contribution in [2.75, 3.05) is 25.4 Å². The first-order chi connectivity index (χ1) is 14.1. The van der Waals surface area contributed by atoms with Gasteiger partial charge in [-0.2, -0.15) is 0 Å². The Balaban J connectivity index is 1.59. The minimum absolute atomic E-state index is 0.0181. The standard InChI is InChI=1S/C21H27N5O2S/c1-4-25(5-2)18(19-11-8-12-28-19)13-22-20(27)14-29-21-24-23-15-26(21)17-10-7-6-9-16(17)3/h6-12,15,18H,4-5,13-14H2,1-3H3,(H,22,27). The lowest BCUT2D eigenvalue weighted by Gasteiger charge is -2.28. The number of nitrogens with one attached hydrogen (secondary N) is 1. The first kappa shape index (κ1) is 21.1. The highest BCUT2D eigenvalue weighted by Crippen LogP contribution is 2.22. The maximum absolute atomic E-state index is 12.5. The number of nitrogens with zero attached hydrogens (tertiary/aromatic N) is 4. The fourth-order valence-electron chi connectivity index (χ4n) is 3.27. The number of aryl methyl sites for hydroxylation is 1. The van der Waals surface area contributed by atoms with E-state index in [0.717, 1.165) is 30.1 Å². The molecule has 2 aromatic heterocycles. The van der Waals surface area contributed by atoms with Crippen LogP contribution in [0.3, 0.4) is 0 Å². The second-order valence-electron chi connectivity index (χ2n) is 6.62. The van der Waals surface area contributed by atoms with Crippen LogP contribution in [0.25, 0.3) is 5.69 Å². The van der Waals surface area contributed by atoms with Gasteiger partial charge < -0.3 is 9.73 Å². The maximum atomic E-state index is 12.5. The highest BCUT2D eigenvalue weighted by atomic mass is 32.2. The van der Waals surface area contributed by atoms with Gasteiger partial charge in [-0.1, -0.05) is 43.8 Å². The van der Waals surface area contributed by atoms with Crippen LogP contribution in [0.5, 0.6) is 0 Å². The van der Waals surface area contributed by atoms with E-state index in [9.17, 15) is 4.79 Å². The van der Waals surface area contributed by atoms with Crippen LogP contribution in [-0.4, -0.2) is 51.0 Å². The molecular weight excluding hydrogens is 386 g/mol. The largest absolute Gasteiger partial charge is 0.468 e. The van der Waals surface area contributed by atoms with Crippen LogP contribution in [0.1, 0.15) is 31.2 Å².